The molecule has 1 unspecified atom stereocenters. The summed E-state index contributed by atoms with van der Waals surface area (Å²) in [5.74, 6) is -0.880. The first-order valence-corrected chi connectivity index (χ1v) is 5.79. The molecule has 0 spiro atoms. The minimum Gasteiger partial charge on any atom is -0.481 e. The van der Waals surface area contributed by atoms with E-state index >= 15 is 0 Å². The van der Waals surface area contributed by atoms with Crippen LogP contribution in [0.15, 0.2) is 54.6 Å². The molecule has 2 rings (SSSR count). The van der Waals surface area contributed by atoms with Gasteiger partial charge in [0.1, 0.15) is 0 Å². The summed E-state index contributed by atoms with van der Waals surface area (Å²) in [5, 5.41) is 8.70. The standard InChI is InChI=1S/C15H15NO2/c16-14(10-15(17)18)13-8-6-12(7-9-13)11-4-2-1-3-5-11/h1-9,14H,10,16H2,(H,17,18). The molecule has 0 saturated heterocycles. The van der Waals surface area contributed by atoms with Crippen LogP contribution in [0.2, 0.25) is 0 Å². The first-order chi connectivity index (χ1) is 8.66. The van der Waals surface area contributed by atoms with Crippen LogP contribution in [0, 0.1) is 0 Å². The molecule has 0 bridgehead atoms. The van der Waals surface area contributed by atoms with Crippen molar-refractivity contribution >= 4 is 5.97 Å². The predicted octanol–water partition coefficient (Wildman–Crippen LogP) is 2.83. The first-order valence-electron chi connectivity index (χ1n) is 5.79. The van der Waals surface area contributed by atoms with E-state index in [4.69, 9.17) is 10.8 Å². The molecular weight excluding hydrogens is 226 g/mol. The maximum absolute atomic E-state index is 10.6. The molecule has 0 radical (unpaired) electrons. The Morgan fingerprint density at radius 3 is 2.11 bits per heavy atom. The highest BCUT2D eigenvalue weighted by atomic mass is 16.4. The van der Waals surface area contributed by atoms with E-state index in [1.54, 1.807) is 0 Å². The van der Waals surface area contributed by atoms with Crippen molar-refractivity contribution in [3.63, 3.8) is 0 Å². The second-order valence-electron chi connectivity index (χ2n) is 4.19. The molecule has 0 aromatic heterocycles. The summed E-state index contributed by atoms with van der Waals surface area (Å²) in [6.07, 6.45) is -0.0509. The van der Waals surface area contributed by atoms with Gasteiger partial charge in [-0.1, -0.05) is 54.6 Å². The molecule has 0 amide bonds. The zero-order valence-electron chi connectivity index (χ0n) is 9.91. The van der Waals surface area contributed by atoms with Gasteiger partial charge in [-0.15, -0.1) is 0 Å². The minimum atomic E-state index is -0.880. The maximum Gasteiger partial charge on any atom is 0.305 e. The van der Waals surface area contributed by atoms with Crippen molar-refractivity contribution in [3.05, 3.63) is 60.2 Å². The zero-order valence-corrected chi connectivity index (χ0v) is 9.91. The van der Waals surface area contributed by atoms with Gasteiger partial charge in [0.25, 0.3) is 0 Å². The summed E-state index contributed by atoms with van der Waals surface area (Å²) in [5.41, 5.74) is 8.88. The molecule has 3 N–H and O–H groups in total. The zero-order chi connectivity index (χ0) is 13.0. The Morgan fingerprint density at radius 2 is 1.56 bits per heavy atom. The molecule has 0 aliphatic carbocycles. The van der Waals surface area contributed by atoms with Gasteiger partial charge in [0.15, 0.2) is 0 Å². The third-order valence-corrected chi connectivity index (χ3v) is 2.84. The van der Waals surface area contributed by atoms with E-state index in [0.29, 0.717) is 0 Å². The lowest BCUT2D eigenvalue weighted by molar-refractivity contribution is -0.137. The molecule has 2 aromatic rings. The van der Waals surface area contributed by atoms with Crippen molar-refractivity contribution in [1.29, 1.82) is 0 Å². The van der Waals surface area contributed by atoms with Crippen molar-refractivity contribution in [1.82, 2.24) is 0 Å². The highest BCUT2D eigenvalue weighted by Gasteiger charge is 2.10. The Morgan fingerprint density at radius 1 is 1.00 bits per heavy atom. The molecule has 0 aliphatic heterocycles. The van der Waals surface area contributed by atoms with Gasteiger partial charge in [-0.05, 0) is 16.7 Å². The van der Waals surface area contributed by atoms with E-state index in [2.05, 4.69) is 0 Å². The van der Waals surface area contributed by atoms with Gasteiger partial charge in [-0.2, -0.15) is 0 Å². The Labute approximate surface area is 106 Å². The van der Waals surface area contributed by atoms with Crippen LogP contribution >= 0.6 is 0 Å². The molecular formula is C15H15NO2. The average Bonchev–Trinajstić information content (AvgIpc) is 2.39. The van der Waals surface area contributed by atoms with Gasteiger partial charge in [-0.25, -0.2) is 0 Å². The van der Waals surface area contributed by atoms with Gasteiger partial charge in [0.2, 0.25) is 0 Å². The van der Waals surface area contributed by atoms with Gasteiger partial charge in [-0.3, -0.25) is 4.79 Å². The first kappa shape index (κ1) is 12.3. The number of hydrogen-bond acceptors (Lipinski definition) is 2. The van der Waals surface area contributed by atoms with Crippen molar-refractivity contribution in [2.75, 3.05) is 0 Å². The van der Waals surface area contributed by atoms with Crippen molar-refractivity contribution in [3.8, 4) is 11.1 Å². The van der Waals surface area contributed by atoms with Gasteiger partial charge in [0.05, 0.1) is 6.42 Å². The lowest BCUT2D eigenvalue weighted by Gasteiger charge is -2.10. The van der Waals surface area contributed by atoms with E-state index < -0.39 is 12.0 Å². The molecule has 2 aromatic carbocycles. The molecule has 18 heavy (non-hydrogen) atoms. The van der Waals surface area contributed by atoms with Crippen LogP contribution in [-0.4, -0.2) is 11.1 Å². The molecule has 0 aliphatic rings. The van der Waals surface area contributed by atoms with E-state index in [9.17, 15) is 4.79 Å². The fraction of sp³-hybridized carbons (Fsp3) is 0.133. The summed E-state index contributed by atoms with van der Waals surface area (Å²) in [4.78, 5) is 10.6. The number of benzene rings is 2. The largest absolute Gasteiger partial charge is 0.481 e. The lowest BCUT2D eigenvalue weighted by atomic mass is 10.00. The van der Waals surface area contributed by atoms with E-state index in [-0.39, 0.29) is 6.42 Å². The van der Waals surface area contributed by atoms with Crippen LogP contribution in [0.3, 0.4) is 0 Å². The second kappa shape index (κ2) is 5.47. The fourth-order valence-corrected chi connectivity index (χ4v) is 1.86. The van der Waals surface area contributed by atoms with Crippen LogP contribution in [0.4, 0.5) is 0 Å². The van der Waals surface area contributed by atoms with E-state index in [0.717, 1.165) is 16.7 Å². The van der Waals surface area contributed by atoms with Crippen molar-refractivity contribution in [2.45, 2.75) is 12.5 Å². The topological polar surface area (TPSA) is 63.3 Å². The lowest BCUT2D eigenvalue weighted by Crippen LogP contribution is -2.14. The van der Waals surface area contributed by atoms with E-state index in [1.807, 2.05) is 54.6 Å². The number of carbonyl (C=O) groups is 1. The highest BCUT2D eigenvalue weighted by molar-refractivity contribution is 5.68. The summed E-state index contributed by atoms with van der Waals surface area (Å²) in [6.45, 7) is 0. The van der Waals surface area contributed by atoms with Crippen molar-refractivity contribution in [2.24, 2.45) is 5.73 Å². The third-order valence-electron chi connectivity index (χ3n) is 2.84. The molecule has 92 valence electrons. The third kappa shape index (κ3) is 2.96. The van der Waals surface area contributed by atoms with Crippen LogP contribution in [0.25, 0.3) is 11.1 Å². The number of carboxylic acids is 1. The second-order valence-corrected chi connectivity index (χ2v) is 4.19. The number of nitrogens with two attached hydrogens (primary N) is 1. The van der Waals surface area contributed by atoms with Crippen LogP contribution in [-0.2, 0) is 4.79 Å². The predicted molar refractivity (Wildman–Crippen MR) is 71.1 cm³/mol. The molecule has 3 heteroatoms. The normalized spacial score (nSPS) is 12.1. The number of aliphatic carboxylic acids is 1. The number of hydrogen-bond donors (Lipinski definition) is 2. The summed E-state index contributed by atoms with van der Waals surface area (Å²) in [7, 11) is 0. The molecule has 0 heterocycles. The Hall–Kier alpha value is -2.13. The van der Waals surface area contributed by atoms with Crippen LogP contribution in [0.1, 0.15) is 18.0 Å². The van der Waals surface area contributed by atoms with Crippen LogP contribution < -0.4 is 5.73 Å². The summed E-state index contributed by atoms with van der Waals surface area (Å²) >= 11 is 0. The molecule has 3 nitrogen and oxygen atoms in total. The Kier molecular flexibility index (Phi) is 3.75. The smallest absolute Gasteiger partial charge is 0.305 e. The van der Waals surface area contributed by atoms with Crippen molar-refractivity contribution < 1.29 is 9.90 Å². The number of rotatable bonds is 4. The SMILES string of the molecule is NC(CC(=O)O)c1ccc(-c2ccccc2)cc1. The Bertz CT molecular complexity index is 520. The maximum atomic E-state index is 10.6. The van der Waals surface area contributed by atoms with E-state index in [1.165, 1.54) is 0 Å². The van der Waals surface area contributed by atoms with Gasteiger partial charge >= 0.3 is 5.97 Å². The monoisotopic (exact) mass is 241 g/mol. The summed E-state index contributed by atoms with van der Waals surface area (Å²) in [6, 6.07) is 17.3. The summed E-state index contributed by atoms with van der Waals surface area (Å²) < 4.78 is 0. The fourth-order valence-electron chi connectivity index (χ4n) is 1.86. The van der Waals surface area contributed by atoms with Gasteiger partial charge < -0.3 is 10.8 Å². The molecule has 1 atom stereocenters. The molecule has 0 saturated carbocycles. The van der Waals surface area contributed by atoms with Crippen LogP contribution in [0.5, 0.6) is 0 Å². The average molecular weight is 241 g/mol. The highest BCUT2D eigenvalue weighted by Crippen LogP contribution is 2.22. The molecule has 0 fully saturated rings. The van der Waals surface area contributed by atoms with Gasteiger partial charge in [0, 0.05) is 6.04 Å². The quantitative estimate of drug-likeness (QED) is 0.865. The minimum absolute atomic E-state index is 0.0509. The number of carboxylic acid groups (broad SMARTS) is 1. The Balaban J connectivity index is 2.18.